The summed E-state index contributed by atoms with van der Waals surface area (Å²) < 4.78 is 5.66. The van der Waals surface area contributed by atoms with Crippen molar-refractivity contribution in [1.82, 2.24) is 0 Å². The predicted octanol–water partition coefficient (Wildman–Crippen LogP) is 2.38. The van der Waals surface area contributed by atoms with E-state index in [1.54, 1.807) is 6.07 Å². The van der Waals surface area contributed by atoms with Gasteiger partial charge in [-0.15, -0.1) is 0 Å². The molecule has 2 aromatic rings. The first kappa shape index (κ1) is 15.7. The first-order valence-corrected chi connectivity index (χ1v) is 8.40. The Hall–Kier alpha value is -2.82. The van der Waals surface area contributed by atoms with E-state index in [1.807, 2.05) is 49.4 Å². The lowest BCUT2D eigenvalue weighted by atomic mass is 9.82. The first-order chi connectivity index (χ1) is 12.0. The first-order valence-electron chi connectivity index (χ1n) is 8.40. The molecule has 25 heavy (non-hydrogen) atoms. The van der Waals surface area contributed by atoms with Gasteiger partial charge in [-0.3, -0.25) is 4.79 Å². The summed E-state index contributed by atoms with van der Waals surface area (Å²) in [6.07, 6.45) is 4.56. The number of rotatable bonds is 4. The SMILES string of the molecule is Cc1ccc(-c2ccccc2NC(=O)[C@@H]2[C@@H](C(=O)[O-])[C@@H]3C=C[C@@H]2C3)o1. The van der Waals surface area contributed by atoms with Gasteiger partial charge in [0, 0.05) is 17.5 Å². The fourth-order valence-electron chi connectivity index (χ4n) is 4.10. The van der Waals surface area contributed by atoms with Crippen LogP contribution >= 0.6 is 0 Å². The maximum Gasteiger partial charge on any atom is 0.228 e. The molecule has 1 amide bonds. The number of carboxylic acids is 1. The lowest BCUT2D eigenvalue weighted by molar-refractivity contribution is -0.313. The van der Waals surface area contributed by atoms with Crippen LogP contribution in [-0.4, -0.2) is 11.9 Å². The Morgan fingerprint density at radius 2 is 1.80 bits per heavy atom. The molecule has 5 heteroatoms. The summed E-state index contributed by atoms with van der Waals surface area (Å²) in [6.45, 7) is 1.86. The highest BCUT2D eigenvalue weighted by Gasteiger charge is 2.48. The summed E-state index contributed by atoms with van der Waals surface area (Å²) in [5.74, 6) is -1.46. The van der Waals surface area contributed by atoms with E-state index in [-0.39, 0.29) is 17.7 Å². The number of hydrogen-bond donors (Lipinski definition) is 1. The number of fused-ring (bicyclic) bond motifs is 2. The van der Waals surface area contributed by atoms with Crippen LogP contribution < -0.4 is 10.4 Å². The molecule has 0 spiro atoms. The van der Waals surface area contributed by atoms with E-state index in [0.29, 0.717) is 17.9 Å². The van der Waals surface area contributed by atoms with Crippen LogP contribution in [0, 0.1) is 30.6 Å². The van der Waals surface area contributed by atoms with Crippen LogP contribution in [0.3, 0.4) is 0 Å². The van der Waals surface area contributed by atoms with Crippen LogP contribution in [0.5, 0.6) is 0 Å². The number of carboxylic acid groups (broad SMARTS) is 1. The van der Waals surface area contributed by atoms with Crippen molar-refractivity contribution < 1.29 is 19.1 Å². The molecule has 0 unspecified atom stereocenters. The molecule has 5 nitrogen and oxygen atoms in total. The van der Waals surface area contributed by atoms with E-state index >= 15 is 0 Å². The van der Waals surface area contributed by atoms with Crippen molar-refractivity contribution in [3.05, 3.63) is 54.3 Å². The van der Waals surface area contributed by atoms with Crippen LogP contribution in [0.1, 0.15) is 12.2 Å². The molecule has 1 heterocycles. The number of benzene rings is 1. The van der Waals surface area contributed by atoms with E-state index < -0.39 is 17.8 Å². The third-order valence-corrected chi connectivity index (χ3v) is 5.22. The van der Waals surface area contributed by atoms with E-state index in [0.717, 1.165) is 11.3 Å². The average molecular weight is 336 g/mol. The molecule has 128 valence electrons. The smallest absolute Gasteiger partial charge is 0.228 e. The Morgan fingerprint density at radius 1 is 1.08 bits per heavy atom. The monoisotopic (exact) mass is 336 g/mol. The second kappa shape index (κ2) is 5.92. The molecule has 1 aromatic carbocycles. The van der Waals surface area contributed by atoms with Crippen molar-refractivity contribution in [3.8, 4) is 11.3 Å². The fraction of sp³-hybridized carbons (Fsp3) is 0.300. The number of nitrogens with one attached hydrogen (secondary N) is 1. The lowest BCUT2D eigenvalue weighted by Crippen LogP contribution is -2.42. The topological polar surface area (TPSA) is 82.4 Å². The van der Waals surface area contributed by atoms with Gasteiger partial charge in [0.1, 0.15) is 11.5 Å². The number of aryl methyl sites for hydroxylation is 1. The van der Waals surface area contributed by atoms with Gasteiger partial charge in [-0.25, -0.2) is 0 Å². The zero-order valence-corrected chi connectivity index (χ0v) is 13.8. The predicted molar refractivity (Wildman–Crippen MR) is 90.2 cm³/mol. The lowest BCUT2D eigenvalue weighted by Gasteiger charge is -2.28. The van der Waals surface area contributed by atoms with Crippen LogP contribution in [0.4, 0.5) is 5.69 Å². The molecule has 2 aliphatic rings. The number of carbonyl (C=O) groups excluding carboxylic acids is 2. The van der Waals surface area contributed by atoms with E-state index in [1.165, 1.54) is 0 Å². The highest BCUT2D eigenvalue weighted by atomic mass is 16.4. The molecular formula is C20H18NO4-. The van der Waals surface area contributed by atoms with Gasteiger partial charge < -0.3 is 19.6 Å². The summed E-state index contributed by atoms with van der Waals surface area (Å²) in [5.41, 5.74) is 1.39. The van der Waals surface area contributed by atoms with Gasteiger partial charge in [-0.05, 0) is 49.4 Å². The highest BCUT2D eigenvalue weighted by Crippen LogP contribution is 2.48. The zero-order chi connectivity index (χ0) is 17.6. The number of furan rings is 1. The maximum absolute atomic E-state index is 12.8. The van der Waals surface area contributed by atoms with Gasteiger partial charge >= 0.3 is 0 Å². The summed E-state index contributed by atoms with van der Waals surface area (Å²) in [4.78, 5) is 24.4. The highest BCUT2D eigenvalue weighted by molar-refractivity contribution is 5.99. The van der Waals surface area contributed by atoms with Crippen molar-refractivity contribution in [3.63, 3.8) is 0 Å². The molecule has 1 aromatic heterocycles. The molecular weight excluding hydrogens is 318 g/mol. The van der Waals surface area contributed by atoms with Gasteiger partial charge in [-0.2, -0.15) is 0 Å². The summed E-state index contributed by atoms with van der Waals surface area (Å²) in [6, 6.07) is 11.1. The fourth-order valence-corrected chi connectivity index (χ4v) is 4.10. The van der Waals surface area contributed by atoms with Crippen molar-refractivity contribution in [2.24, 2.45) is 23.7 Å². The quantitative estimate of drug-likeness (QED) is 0.869. The number of allylic oxidation sites excluding steroid dienone is 2. The van der Waals surface area contributed by atoms with Gasteiger partial charge in [0.2, 0.25) is 5.91 Å². The zero-order valence-electron chi connectivity index (χ0n) is 13.8. The van der Waals surface area contributed by atoms with Gasteiger partial charge in [0.15, 0.2) is 0 Å². The average Bonchev–Trinajstić information content (AvgIpc) is 3.30. The van der Waals surface area contributed by atoms with Crippen molar-refractivity contribution >= 4 is 17.6 Å². The Morgan fingerprint density at radius 3 is 2.48 bits per heavy atom. The standard InChI is InChI=1S/C20H19NO4/c1-11-6-9-16(25-11)14-4-2-3-5-15(14)21-19(22)17-12-7-8-13(10-12)18(17)20(23)24/h2-9,12-13,17-18H,10H2,1H3,(H,21,22)(H,23,24)/p-1/t12-,13-,17+,18+/m1/s1. The Balaban J connectivity index is 1.62. The normalized spacial score (nSPS) is 26.8. The molecule has 1 N–H and O–H groups in total. The molecule has 2 bridgehead atoms. The van der Waals surface area contributed by atoms with Crippen molar-refractivity contribution in [2.75, 3.05) is 5.32 Å². The molecule has 4 atom stereocenters. The minimum atomic E-state index is -1.15. The Labute approximate surface area is 145 Å². The van der Waals surface area contributed by atoms with Crippen LogP contribution in [0.25, 0.3) is 11.3 Å². The number of anilines is 1. The summed E-state index contributed by atoms with van der Waals surface area (Å²) >= 11 is 0. The van der Waals surface area contributed by atoms with Crippen LogP contribution in [0.15, 0.2) is 53.0 Å². The van der Waals surface area contributed by atoms with E-state index in [4.69, 9.17) is 4.42 Å². The Bertz CT molecular complexity index is 866. The minimum Gasteiger partial charge on any atom is -0.550 e. The van der Waals surface area contributed by atoms with Gasteiger partial charge in [0.05, 0.1) is 11.6 Å². The van der Waals surface area contributed by atoms with Crippen molar-refractivity contribution in [2.45, 2.75) is 13.3 Å². The van der Waals surface area contributed by atoms with Gasteiger partial charge in [-0.1, -0.05) is 24.3 Å². The number of aliphatic carboxylic acids is 1. The summed E-state index contributed by atoms with van der Waals surface area (Å²) in [7, 11) is 0. The number of para-hydroxylation sites is 1. The van der Waals surface area contributed by atoms with Crippen molar-refractivity contribution in [1.29, 1.82) is 0 Å². The second-order valence-corrected chi connectivity index (χ2v) is 6.76. The number of carbonyl (C=O) groups is 2. The summed E-state index contributed by atoms with van der Waals surface area (Å²) in [5, 5.41) is 14.4. The molecule has 1 fully saturated rings. The third kappa shape index (κ3) is 2.65. The number of hydrogen-bond acceptors (Lipinski definition) is 4. The molecule has 4 rings (SSSR count). The third-order valence-electron chi connectivity index (χ3n) is 5.22. The van der Waals surface area contributed by atoms with Gasteiger partial charge in [0.25, 0.3) is 0 Å². The number of amides is 1. The van der Waals surface area contributed by atoms with E-state index in [9.17, 15) is 14.7 Å². The molecule has 1 saturated carbocycles. The second-order valence-electron chi connectivity index (χ2n) is 6.76. The minimum absolute atomic E-state index is 0.0362. The van der Waals surface area contributed by atoms with Crippen LogP contribution in [-0.2, 0) is 9.59 Å². The van der Waals surface area contributed by atoms with E-state index in [2.05, 4.69) is 5.32 Å². The molecule has 2 aliphatic carbocycles. The Kier molecular flexibility index (Phi) is 3.71. The molecule has 0 radical (unpaired) electrons. The molecule has 0 saturated heterocycles. The largest absolute Gasteiger partial charge is 0.550 e. The maximum atomic E-state index is 12.8. The molecule has 0 aliphatic heterocycles. The van der Waals surface area contributed by atoms with Crippen LogP contribution in [0.2, 0.25) is 0 Å².